The summed E-state index contributed by atoms with van der Waals surface area (Å²) in [5.41, 5.74) is -0.942. The van der Waals surface area contributed by atoms with E-state index in [-0.39, 0.29) is 11.7 Å². The molecule has 0 bridgehead atoms. The molecule has 0 radical (unpaired) electrons. The second kappa shape index (κ2) is 6.07. The number of aromatic carboxylic acids is 1. The number of nitrogens with one attached hydrogen (secondary N) is 1. The Morgan fingerprint density at radius 2 is 2.24 bits per heavy atom. The maximum absolute atomic E-state index is 13.6. The summed E-state index contributed by atoms with van der Waals surface area (Å²) in [6, 6.07) is 1.68. The summed E-state index contributed by atoms with van der Waals surface area (Å²) in [4.78, 5) is 21.3. The number of hydrogen-bond donors (Lipinski definition) is 2. The second-order valence-electron chi connectivity index (χ2n) is 5.34. The number of hydrogen-bond acceptors (Lipinski definition) is 4. The molecule has 1 fully saturated rings. The van der Waals surface area contributed by atoms with Gasteiger partial charge in [-0.15, -0.1) is 0 Å². The Morgan fingerprint density at radius 1 is 1.57 bits per heavy atom. The van der Waals surface area contributed by atoms with E-state index in [1.54, 1.807) is 0 Å². The van der Waals surface area contributed by atoms with E-state index in [0.29, 0.717) is 12.0 Å². The molecule has 1 unspecified atom stereocenters. The Labute approximate surface area is 121 Å². The number of halogens is 1. The van der Waals surface area contributed by atoms with E-state index in [4.69, 9.17) is 5.11 Å². The van der Waals surface area contributed by atoms with Crippen LogP contribution >= 0.6 is 0 Å². The lowest BCUT2D eigenvalue weighted by atomic mass is 10.1. The van der Waals surface area contributed by atoms with Crippen LogP contribution in [-0.4, -0.2) is 22.0 Å². The van der Waals surface area contributed by atoms with E-state index in [1.165, 1.54) is 0 Å². The van der Waals surface area contributed by atoms with Crippen LogP contribution in [0.25, 0.3) is 0 Å². The van der Waals surface area contributed by atoms with Crippen molar-refractivity contribution in [3.8, 4) is 0 Å². The highest BCUT2D eigenvalue weighted by Gasteiger charge is 2.27. The molecule has 1 aromatic rings. The largest absolute Gasteiger partial charge is 0.478 e. The zero-order chi connectivity index (χ0) is 15.6. The van der Waals surface area contributed by atoms with Crippen LogP contribution in [0.3, 0.4) is 0 Å². The highest BCUT2D eigenvalue weighted by molar-refractivity contribution is 5.90. The number of benzene rings is 1. The van der Waals surface area contributed by atoms with Gasteiger partial charge in [0.2, 0.25) is 0 Å². The van der Waals surface area contributed by atoms with Crippen molar-refractivity contribution in [3.05, 3.63) is 33.6 Å². The fraction of sp³-hybridized carbons (Fsp3) is 0.500. The molecule has 7 heteroatoms. The first-order valence-electron chi connectivity index (χ1n) is 6.90. The van der Waals surface area contributed by atoms with Crippen LogP contribution in [0.5, 0.6) is 0 Å². The average Bonchev–Trinajstić information content (AvgIpc) is 3.22. The first-order chi connectivity index (χ1) is 9.92. The van der Waals surface area contributed by atoms with Gasteiger partial charge < -0.3 is 10.4 Å². The molecule has 1 saturated carbocycles. The van der Waals surface area contributed by atoms with Gasteiger partial charge in [0, 0.05) is 6.04 Å². The Bertz CT molecular complexity index is 572. The Balaban J connectivity index is 2.31. The fourth-order valence-corrected chi connectivity index (χ4v) is 2.30. The van der Waals surface area contributed by atoms with Crippen molar-refractivity contribution in [2.45, 2.75) is 38.6 Å². The van der Waals surface area contributed by atoms with Gasteiger partial charge in [-0.1, -0.05) is 19.8 Å². The van der Waals surface area contributed by atoms with E-state index >= 15 is 0 Å². The number of nitro groups is 1. The molecule has 0 aliphatic heterocycles. The smallest absolute Gasteiger partial charge is 0.338 e. The van der Waals surface area contributed by atoms with Crippen LogP contribution in [0.15, 0.2) is 12.1 Å². The molecular weight excluding hydrogens is 279 g/mol. The van der Waals surface area contributed by atoms with Crippen LogP contribution in [0.2, 0.25) is 0 Å². The van der Waals surface area contributed by atoms with Gasteiger partial charge in [-0.05, 0) is 24.8 Å². The lowest BCUT2D eigenvalue weighted by Crippen LogP contribution is -2.20. The van der Waals surface area contributed by atoms with Crippen molar-refractivity contribution >= 4 is 17.3 Å². The molecule has 1 aromatic carbocycles. The molecule has 0 saturated heterocycles. The van der Waals surface area contributed by atoms with E-state index < -0.39 is 28.0 Å². The third-order valence-corrected chi connectivity index (χ3v) is 3.68. The van der Waals surface area contributed by atoms with Crippen LogP contribution in [0.1, 0.15) is 43.0 Å². The summed E-state index contributed by atoms with van der Waals surface area (Å²) in [6.45, 7) is 1.95. The van der Waals surface area contributed by atoms with Gasteiger partial charge in [0.05, 0.1) is 16.6 Å². The third kappa shape index (κ3) is 3.68. The van der Waals surface area contributed by atoms with Gasteiger partial charge in [-0.2, -0.15) is 0 Å². The number of nitro benzene ring substituents is 1. The predicted octanol–water partition coefficient (Wildman–Crippen LogP) is 3.42. The first-order valence-corrected chi connectivity index (χ1v) is 6.90. The molecule has 0 aromatic heterocycles. The molecule has 6 nitrogen and oxygen atoms in total. The van der Waals surface area contributed by atoms with E-state index in [1.807, 2.05) is 6.92 Å². The number of anilines is 1. The molecule has 1 atom stereocenters. The number of rotatable bonds is 7. The number of carboxylic acid groups (broad SMARTS) is 1. The third-order valence-electron chi connectivity index (χ3n) is 3.68. The van der Waals surface area contributed by atoms with E-state index in [2.05, 4.69) is 5.32 Å². The van der Waals surface area contributed by atoms with Gasteiger partial charge in [-0.25, -0.2) is 9.18 Å². The summed E-state index contributed by atoms with van der Waals surface area (Å²) in [5.74, 6) is -1.92. The zero-order valence-corrected chi connectivity index (χ0v) is 11.6. The molecule has 0 heterocycles. The Morgan fingerprint density at radius 3 is 2.71 bits per heavy atom. The Kier molecular flexibility index (Phi) is 4.40. The van der Waals surface area contributed by atoms with Crippen molar-refractivity contribution in [1.29, 1.82) is 0 Å². The normalized spacial score (nSPS) is 15.5. The first kappa shape index (κ1) is 15.2. The molecule has 21 heavy (non-hydrogen) atoms. The fourth-order valence-electron chi connectivity index (χ4n) is 2.30. The zero-order valence-electron chi connectivity index (χ0n) is 11.6. The minimum absolute atomic E-state index is 0.0170. The maximum atomic E-state index is 13.6. The maximum Gasteiger partial charge on any atom is 0.338 e. The lowest BCUT2D eigenvalue weighted by Gasteiger charge is -2.18. The molecule has 2 N–H and O–H groups in total. The van der Waals surface area contributed by atoms with Crippen LogP contribution in [-0.2, 0) is 0 Å². The van der Waals surface area contributed by atoms with Gasteiger partial charge in [0.15, 0.2) is 0 Å². The quantitative estimate of drug-likeness (QED) is 0.594. The van der Waals surface area contributed by atoms with Crippen molar-refractivity contribution < 1.29 is 19.2 Å². The van der Waals surface area contributed by atoms with E-state index in [0.717, 1.165) is 31.7 Å². The SMILES string of the molecule is CCC(CC1CC1)Nc1cc(C(=O)O)c(F)cc1[N+](=O)[O-]. The summed E-state index contributed by atoms with van der Waals surface area (Å²) < 4.78 is 13.6. The van der Waals surface area contributed by atoms with Crippen molar-refractivity contribution in [2.24, 2.45) is 5.92 Å². The highest BCUT2D eigenvalue weighted by atomic mass is 19.1. The molecular formula is C14H17FN2O4. The molecule has 114 valence electrons. The molecule has 0 amide bonds. The molecule has 1 aliphatic carbocycles. The summed E-state index contributed by atoms with van der Waals surface area (Å²) in [6.07, 6.45) is 3.95. The summed E-state index contributed by atoms with van der Waals surface area (Å²) in [5, 5.41) is 22.9. The average molecular weight is 296 g/mol. The lowest BCUT2D eigenvalue weighted by molar-refractivity contribution is -0.384. The monoisotopic (exact) mass is 296 g/mol. The second-order valence-corrected chi connectivity index (χ2v) is 5.34. The van der Waals surface area contributed by atoms with Gasteiger partial charge in [0.25, 0.3) is 5.69 Å². The summed E-state index contributed by atoms with van der Waals surface area (Å²) >= 11 is 0. The van der Waals surface area contributed by atoms with E-state index in [9.17, 15) is 19.3 Å². The van der Waals surface area contributed by atoms with Gasteiger partial charge >= 0.3 is 5.97 Å². The Hall–Kier alpha value is -2.18. The minimum atomic E-state index is -1.44. The highest BCUT2D eigenvalue weighted by Crippen LogP contribution is 2.36. The van der Waals surface area contributed by atoms with Crippen LogP contribution in [0, 0.1) is 21.8 Å². The molecule has 0 spiro atoms. The van der Waals surface area contributed by atoms with Crippen LogP contribution < -0.4 is 5.32 Å². The molecule has 2 rings (SSSR count). The van der Waals surface area contributed by atoms with Crippen molar-refractivity contribution in [3.63, 3.8) is 0 Å². The molecule has 1 aliphatic rings. The van der Waals surface area contributed by atoms with Gasteiger partial charge in [0.1, 0.15) is 11.5 Å². The van der Waals surface area contributed by atoms with Crippen molar-refractivity contribution in [2.75, 3.05) is 5.32 Å². The predicted molar refractivity (Wildman–Crippen MR) is 75.1 cm³/mol. The summed E-state index contributed by atoms with van der Waals surface area (Å²) in [7, 11) is 0. The number of nitrogens with zero attached hydrogens (tertiary/aromatic N) is 1. The number of carboxylic acids is 1. The minimum Gasteiger partial charge on any atom is -0.478 e. The number of carbonyl (C=O) groups is 1. The van der Waals surface area contributed by atoms with Crippen LogP contribution in [0.4, 0.5) is 15.8 Å². The standard InChI is InChI=1S/C14H17FN2O4/c1-2-9(5-8-3-4-8)16-12-6-10(14(18)19)11(15)7-13(12)17(20)21/h6-9,16H,2-5H2,1H3,(H,18,19). The van der Waals surface area contributed by atoms with Crippen molar-refractivity contribution in [1.82, 2.24) is 0 Å². The topological polar surface area (TPSA) is 92.5 Å². The van der Waals surface area contributed by atoms with Gasteiger partial charge in [-0.3, -0.25) is 10.1 Å².